The van der Waals surface area contributed by atoms with Crippen molar-refractivity contribution < 1.29 is 0 Å². The maximum atomic E-state index is 5.13. The van der Waals surface area contributed by atoms with E-state index in [2.05, 4.69) is 66.5 Å². The minimum atomic E-state index is 0.554. The summed E-state index contributed by atoms with van der Waals surface area (Å²) in [5.74, 6) is 0.554. The molecule has 0 N–H and O–H groups in total. The van der Waals surface area contributed by atoms with Gasteiger partial charge in [-0.1, -0.05) is 84.9 Å². The lowest BCUT2D eigenvalue weighted by molar-refractivity contribution is 1.14. The molecule has 5 nitrogen and oxygen atoms in total. The molecule has 0 unspecified atom stereocenters. The summed E-state index contributed by atoms with van der Waals surface area (Å²) in [5.41, 5.74) is 8.86. The van der Waals surface area contributed by atoms with Crippen LogP contribution >= 0.6 is 0 Å². The molecule has 4 heterocycles. The molecule has 0 saturated heterocycles. The smallest absolute Gasteiger partial charge is 0.179 e. The molecular weight excluding hydrogens is 478 g/mol. The van der Waals surface area contributed by atoms with Gasteiger partial charge in [0.05, 0.1) is 33.8 Å². The van der Waals surface area contributed by atoms with E-state index in [1.165, 1.54) is 0 Å². The van der Waals surface area contributed by atoms with Crippen LogP contribution in [0.3, 0.4) is 0 Å². The van der Waals surface area contributed by atoms with E-state index < -0.39 is 0 Å². The number of aromatic nitrogens is 5. The van der Waals surface area contributed by atoms with Crippen molar-refractivity contribution in [3.63, 3.8) is 0 Å². The van der Waals surface area contributed by atoms with Crippen LogP contribution in [0.4, 0.5) is 0 Å². The van der Waals surface area contributed by atoms with Gasteiger partial charge < -0.3 is 0 Å². The second-order valence-corrected chi connectivity index (χ2v) is 9.46. The molecule has 4 aromatic heterocycles. The molecule has 5 heteroatoms. The first kappa shape index (κ1) is 22.9. The number of hydrogen-bond donors (Lipinski definition) is 0. The Labute approximate surface area is 225 Å². The molecule has 0 radical (unpaired) electrons. The molecule has 0 fully saturated rings. The first-order valence-electron chi connectivity index (χ1n) is 12.9. The first-order valence-corrected chi connectivity index (χ1v) is 12.9. The maximum Gasteiger partial charge on any atom is 0.179 e. The van der Waals surface area contributed by atoms with E-state index in [1.54, 1.807) is 6.20 Å². The molecule has 0 aliphatic rings. The molecule has 0 aliphatic carbocycles. The van der Waals surface area contributed by atoms with Crippen LogP contribution in [0.25, 0.3) is 67.2 Å². The van der Waals surface area contributed by atoms with E-state index in [1.807, 2.05) is 60.7 Å². The van der Waals surface area contributed by atoms with Crippen LogP contribution in [0, 0.1) is 6.92 Å². The van der Waals surface area contributed by atoms with E-state index in [9.17, 15) is 0 Å². The van der Waals surface area contributed by atoms with Crippen LogP contribution < -0.4 is 0 Å². The fraction of sp³-hybridized carbons (Fsp3) is 0.0294. The van der Waals surface area contributed by atoms with Crippen molar-refractivity contribution >= 4 is 21.8 Å². The summed E-state index contributed by atoms with van der Waals surface area (Å²) >= 11 is 0. The Hall–Kier alpha value is -5.29. The van der Waals surface area contributed by atoms with E-state index >= 15 is 0 Å². The predicted octanol–water partition coefficient (Wildman–Crippen LogP) is 7.94. The highest BCUT2D eigenvalue weighted by molar-refractivity contribution is 6.05. The zero-order chi connectivity index (χ0) is 26.2. The van der Waals surface area contributed by atoms with Gasteiger partial charge in [-0.05, 0) is 42.8 Å². The fourth-order valence-corrected chi connectivity index (χ4v) is 4.89. The summed E-state index contributed by atoms with van der Waals surface area (Å²) in [7, 11) is 0. The SMILES string of the molecule is Cc1cc(-c2nc(-c3ccccc3)cc(-c3ccccn3)n2)nc2c1ccc1ccc(-c3ccccc3)nc12. The van der Waals surface area contributed by atoms with E-state index in [-0.39, 0.29) is 0 Å². The van der Waals surface area contributed by atoms with E-state index in [0.717, 1.165) is 61.3 Å². The number of hydrogen-bond acceptors (Lipinski definition) is 5. The van der Waals surface area contributed by atoms with Gasteiger partial charge in [0.2, 0.25) is 0 Å². The third kappa shape index (κ3) is 4.30. The third-order valence-electron chi connectivity index (χ3n) is 6.87. The average Bonchev–Trinajstić information content (AvgIpc) is 3.01. The summed E-state index contributed by atoms with van der Waals surface area (Å²) in [4.78, 5) is 24.6. The summed E-state index contributed by atoms with van der Waals surface area (Å²) in [6.07, 6.45) is 1.78. The quantitative estimate of drug-likeness (QED) is 0.229. The molecule has 0 amide bonds. The topological polar surface area (TPSA) is 64.5 Å². The van der Waals surface area contributed by atoms with Gasteiger partial charge >= 0.3 is 0 Å². The van der Waals surface area contributed by atoms with Crippen LogP contribution in [0.2, 0.25) is 0 Å². The molecule has 0 bridgehead atoms. The molecular formula is C34H23N5. The molecule has 39 heavy (non-hydrogen) atoms. The Kier molecular flexibility index (Phi) is 5.60. The van der Waals surface area contributed by atoms with Crippen LogP contribution in [0.5, 0.6) is 0 Å². The zero-order valence-electron chi connectivity index (χ0n) is 21.3. The second-order valence-electron chi connectivity index (χ2n) is 9.46. The van der Waals surface area contributed by atoms with Gasteiger partial charge in [0.25, 0.3) is 0 Å². The van der Waals surface area contributed by atoms with Crippen molar-refractivity contribution in [1.29, 1.82) is 0 Å². The highest BCUT2D eigenvalue weighted by Gasteiger charge is 2.15. The molecule has 7 aromatic rings. The van der Waals surface area contributed by atoms with Crippen LogP contribution in [0.1, 0.15) is 5.56 Å². The lowest BCUT2D eigenvalue weighted by Gasteiger charge is -2.12. The molecule has 0 aliphatic heterocycles. The molecule has 0 saturated carbocycles. The lowest BCUT2D eigenvalue weighted by atomic mass is 10.0. The van der Waals surface area contributed by atoms with Crippen molar-refractivity contribution in [2.45, 2.75) is 6.92 Å². The van der Waals surface area contributed by atoms with E-state index in [0.29, 0.717) is 11.5 Å². The number of aryl methyl sites for hydroxylation is 1. The summed E-state index contributed by atoms with van der Waals surface area (Å²) < 4.78 is 0. The largest absolute Gasteiger partial charge is 0.255 e. The number of benzene rings is 3. The van der Waals surface area contributed by atoms with Crippen LogP contribution in [-0.2, 0) is 0 Å². The van der Waals surface area contributed by atoms with Gasteiger partial charge in [-0.2, -0.15) is 0 Å². The summed E-state index contributed by atoms with van der Waals surface area (Å²) in [6, 6.07) is 38.6. The molecule has 3 aromatic carbocycles. The van der Waals surface area contributed by atoms with E-state index in [4.69, 9.17) is 19.9 Å². The van der Waals surface area contributed by atoms with Crippen molar-refractivity contribution in [2.75, 3.05) is 0 Å². The second kappa shape index (κ2) is 9.54. The highest BCUT2D eigenvalue weighted by Crippen LogP contribution is 2.31. The molecule has 0 spiro atoms. The zero-order valence-corrected chi connectivity index (χ0v) is 21.3. The first-order chi connectivity index (χ1) is 19.2. The van der Waals surface area contributed by atoms with Gasteiger partial charge in [-0.3, -0.25) is 4.98 Å². The number of fused-ring (bicyclic) bond motifs is 3. The Morgan fingerprint density at radius 2 is 1.13 bits per heavy atom. The average molecular weight is 502 g/mol. The molecule has 184 valence electrons. The van der Waals surface area contributed by atoms with Gasteiger partial charge in [0, 0.05) is 28.1 Å². The highest BCUT2D eigenvalue weighted by atomic mass is 14.9. The Balaban J connectivity index is 1.46. The van der Waals surface area contributed by atoms with Crippen molar-refractivity contribution in [1.82, 2.24) is 24.9 Å². The Morgan fingerprint density at radius 3 is 1.87 bits per heavy atom. The molecule has 0 atom stereocenters. The Morgan fingerprint density at radius 1 is 0.462 bits per heavy atom. The van der Waals surface area contributed by atoms with Crippen LogP contribution in [-0.4, -0.2) is 24.9 Å². The lowest BCUT2D eigenvalue weighted by Crippen LogP contribution is -1.99. The number of pyridine rings is 3. The number of nitrogens with zero attached hydrogens (tertiary/aromatic N) is 5. The normalized spacial score (nSPS) is 11.2. The molecule has 7 rings (SSSR count). The standard InChI is InChI=1S/C34H23N5/c1-22-20-31(34-38-29(24-12-6-3-7-13-24)21-30(39-34)28-14-8-9-19-35-28)37-33-26(22)17-15-25-16-18-27(36-32(25)33)23-10-4-2-5-11-23/h2-21H,1H3. The fourth-order valence-electron chi connectivity index (χ4n) is 4.89. The van der Waals surface area contributed by atoms with Crippen molar-refractivity contribution in [3.8, 4) is 45.4 Å². The summed E-state index contributed by atoms with van der Waals surface area (Å²) in [6.45, 7) is 2.10. The third-order valence-corrected chi connectivity index (χ3v) is 6.87. The predicted molar refractivity (Wildman–Crippen MR) is 157 cm³/mol. The minimum Gasteiger partial charge on any atom is -0.255 e. The Bertz CT molecular complexity index is 1900. The maximum absolute atomic E-state index is 5.13. The van der Waals surface area contributed by atoms with Gasteiger partial charge in [-0.25, -0.2) is 19.9 Å². The van der Waals surface area contributed by atoms with Crippen LogP contribution in [0.15, 0.2) is 121 Å². The van der Waals surface area contributed by atoms with Gasteiger partial charge in [-0.15, -0.1) is 0 Å². The van der Waals surface area contributed by atoms with Gasteiger partial charge in [0.15, 0.2) is 5.82 Å². The van der Waals surface area contributed by atoms with Crippen molar-refractivity contribution in [2.24, 2.45) is 0 Å². The van der Waals surface area contributed by atoms with Gasteiger partial charge in [0.1, 0.15) is 5.69 Å². The monoisotopic (exact) mass is 501 g/mol. The van der Waals surface area contributed by atoms with Crippen molar-refractivity contribution in [3.05, 3.63) is 127 Å². The minimum absolute atomic E-state index is 0.554. The summed E-state index contributed by atoms with van der Waals surface area (Å²) in [5, 5.41) is 2.10. The number of rotatable bonds is 4.